The molecule has 21 heavy (non-hydrogen) atoms. The molecule has 2 heterocycles. The second-order valence-electron chi connectivity index (χ2n) is 4.53. The van der Waals surface area contributed by atoms with E-state index in [0.717, 1.165) is 15.9 Å². The van der Waals surface area contributed by atoms with Gasteiger partial charge in [0.25, 0.3) is 0 Å². The molecular weight excluding hydrogens is 376 g/mol. The second-order valence-corrected chi connectivity index (χ2v) is 8.49. The number of nitrogens with zero attached hydrogens (tertiary/aromatic N) is 3. The number of thiophene rings is 1. The molecule has 0 aliphatic rings. The predicted octanol–water partition coefficient (Wildman–Crippen LogP) is 1.75. The topological polar surface area (TPSA) is 67.2 Å². The molecule has 2 aromatic heterocycles. The van der Waals surface area contributed by atoms with Crippen molar-refractivity contribution in [3.63, 3.8) is 0 Å². The quantitative estimate of drug-likeness (QED) is 0.779. The number of nitrogens with one attached hydrogen (secondary N) is 1. The summed E-state index contributed by atoms with van der Waals surface area (Å²) < 4.78 is 28.9. The molecule has 116 valence electrons. The highest BCUT2D eigenvalue weighted by atomic mass is 79.9. The van der Waals surface area contributed by atoms with Gasteiger partial charge in [0.15, 0.2) is 0 Å². The van der Waals surface area contributed by atoms with Crippen LogP contribution in [0.15, 0.2) is 33.2 Å². The summed E-state index contributed by atoms with van der Waals surface area (Å²) in [5, 5.41) is 9.01. The lowest BCUT2D eigenvalue weighted by molar-refractivity contribution is 0.469. The molecule has 0 fully saturated rings. The molecule has 0 atom stereocenters. The lowest BCUT2D eigenvalue weighted by atomic mass is 10.5. The fraction of sp³-hybridized carbons (Fsp3) is 0.417. The maximum Gasteiger partial charge on any atom is 0.246 e. The molecule has 0 aromatic carbocycles. The summed E-state index contributed by atoms with van der Waals surface area (Å²) in [5.41, 5.74) is 0. The zero-order chi connectivity index (χ0) is 15.5. The van der Waals surface area contributed by atoms with E-state index in [4.69, 9.17) is 0 Å². The average Bonchev–Trinajstić information content (AvgIpc) is 3.06. The molecule has 0 aliphatic carbocycles. The zero-order valence-corrected chi connectivity index (χ0v) is 15.0. The fourth-order valence-electron chi connectivity index (χ4n) is 1.75. The summed E-state index contributed by atoms with van der Waals surface area (Å²) in [6, 6.07) is 1.92. The van der Waals surface area contributed by atoms with Gasteiger partial charge in [0, 0.05) is 41.1 Å². The van der Waals surface area contributed by atoms with Gasteiger partial charge in [-0.25, -0.2) is 8.42 Å². The van der Waals surface area contributed by atoms with Gasteiger partial charge in [-0.3, -0.25) is 4.68 Å². The zero-order valence-electron chi connectivity index (χ0n) is 11.8. The highest BCUT2D eigenvalue weighted by molar-refractivity contribution is 9.10. The number of hydrogen-bond donors (Lipinski definition) is 1. The number of halogens is 1. The number of likely N-dealkylation sites (N-methyl/N-ethyl adjacent to an activating group) is 1. The normalized spacial score (nSPS) is 12.2. The number of sulfonamides is 1. The van der Waals surface area contributed by atoms with Crippen LogP contribution >= 0.6 is 27.3 Å². The summed E-state index contributed by atoms with van der Waals surface area (Å²) >= 11 is 4.89. The Hall–Kier alpha value is -0.740. The third-order valence-electron chi connectivity index (χ3n) is 2.91. The summed E-state index contributed by atoms with van der Waals surface area (Å²) in [7, 11) is -0.0925. The Balaban J connectivity index is 2.11. The Kier molecular flexibility index (Phi) is 5.55. The monoisotopic (exact) mass is 392 g/mol. The van der Waals surface area contributed by atoms with Crippen molar-refractivity contribution in [1.82, 2.24) is 19.4 Å². The summed E-state index contributed by atoms with van der Waals surface area (Å²) in [5.74, 6) is 0. The van der Waals surface area contributed by atoms with Gasteiger partial charge in [-0.15, -0.1) is 11.3 Å². The first-order chi connectivity index (χ1) is 9.93. The molecule has 0 bridgehead atoms. The van der Waals surface area contributed by atoms with Crippen LogP contribution in [0, 0.1) is 0 Å². The predicted molar refractivity (Wildman–Crippen MR) is 86.8 cm³/mol. The number of aromatic nitrogens is 2. The summed E-state index contributed by atoms with van der Waals surface area (Å²) in [6.07, 6.45) is 2.96. The van der Waals surface area contributed by atoms with Gasteiger partial charge < -0.3 is 5.32 Å². The third-order valence-corrected chi connectivity index (χ3v) is 6.35. The van der Waals surface area contributed by atoms with Crippen molar-refractivity contribution >= 4 is 37.3 Å². The van der Waals surface area contributed by atoms with Crippen molar-refractivity contribution in [2.75, 3.05) is 20.6 Å². The van der Waals surface area contributed by atoms with Crippen LogP contribution in [0.4, 0.5) is 0 Å². The smallest absolute Gasteiger partial charge is 0.246 e. The van der Waals surface area contributed by atoms with E-state index in [1.54, 1.807) is 17.9 Å². The SMILES string of the molecule is CNCCn1cc(S(=O)(=O)N(C)Cc2cc(Br)cs2)cn1. The van der Waals surface area contributed by atoms with Crippen LogP contribution in [0.5, 0.6) is 0 Å². The largest absolute Gasteiger partial charge is 0.318 e. The van der Waals surface area contributed by atoms with Crippen LogP contribution in [-0.4, -0.2) is 43.1 Å². The van der Waals surface area contributed by atoms with Crippen molar-refractivity contribution in [1.29, 1.82) is 0 Å². The van der Waals surface area contributed by atoms with Gasteiger partial charge in [0.1, 0.15) is 4.90 Å². The Morgan fingerprint density at radius 2 is 2.29 bits per heavy atom. The average molecular weight is 393 g/mol. The first kappa shape index (κ1) is 16.6. The van der Waals surface area contributed by atoms with E-state index in [1.807, 2.05) is 18.5 Å². The molecule has 1 N–H and O–H groups in total. The van der Waals surface area contributed by atoms with Crippen molar-refractivity contribution in [3.8, 4) is 0 Å². The second kappa shape index (κ2) is 7.01. The molecule has 9 heteroatoms. The van der Waals surface area contributed by atoms with Gasteiger partial charge in [-0.2, -0.15) is 9.40 Å². The van der Waals surface area contributed by atoms with E-state index in [2.05, 4.69) is 26.3 Å². The number of hydrogen-bond acceptors (Lipinski definition) is 5. The minimum absolute atomic E-state index is 0.219. The Morgan fingerprint density at radius 3 is 2.90 bits per heavy atom. The van der Waals surface area contributed by atoms with Gasteiger partial charge in [0.05, 0.1) is 12.7 Å². The Morgan fingerprint density at radius 1 is 1.52 bits per heavy atom. The molecule has 0 unspecified atom stereocenters. The van der Waals surface area contributed by atoms with Crippen LogP contribution in [0.1, 0.15) is 4.88 Å². The lowest BCUT2D eigenvalue weighted by Crippen LogP contribution is -2.25. The van der Waals surface area contributed by atoms with Crippen molar-refractivity contribution in [2.45, 2.75) is 18.0 Å². The summed E-state index contributed by atoms with van der Waals surface area (Å²) in [4.78, 5) is 1.20. The van der Waals surface area contributed by atoms with E-state index in [-0.39, 0.29) is 4.90 Å². The Bertz CT molecular complexity index is 696. The van der Waals surface area contributed by atoms with Crippen molar-refractivity contribution < 1.29 is 8.42 Å². The van der Waals surface area contributed by atoms with Crippen LogP contribution in [-0.2, 0) is 23.1 Å². The maximum absolute atomic E-state index is 12.5. The fourth-order valence-corrected chi connectivity index (χ4v) is 4.44. The standard InChI is InChI=1S/C12H17BrN4O2S2/c1-14-3-4-17-8-12(6-15-17)21(18,19)16(2)7-11-5-10(13)9-20-11/h5-6,8-9,14H,3-4,7H2,1-2H3. The van der Waals surface area contributed by atoms with Crippen molar-refractivity contribution in [2.24, 2.45) is 0 Å². The van der Waals surface area contributed by atoms with E-state index in [1.165, 1.54) is 21.8 Å². The molecule has 0 saturated heterocycles. The van der Waals surface area contributed by atoms with Gasteiger partial charge in [-0.05, 0) is 29.0 Å². The van der Waals surface area contributed by atoms with Crippen LogP contribution in [0.25, 0.3) is 0 Å². The number of rotatable bonds is 7. The highest BCUT2D eigenvalue weighted by Gasteiger charge is 2.23. The van der Waals surface area contributed by atoms with E-state index >= 15 is 0 Å². The van der Waals surface area contributed by atoms with Crippen LogP contribution < -0.4 is 5.32 Å². The molecule has 0 amide bonds. The van der Waals surface area contributed by atoms with E-state index < -0.39 is 10.0 Å². The molecule has 0 radical (unpaired) electrons. The minimum atomic E-state index is -3.51. The third kappa shape index (κ3) is 4.13. The molecular formula is C12H17BrN4O2S2. The first-order valence-electron chi connectivity index (χ1n) is 6.30. The van der Waals surface area contributed by atoms with E-state index in [0.29, 0.717) is 13.1 Å². The minimum Gasteiger partial charge on any atom is -0.318 e. The maximum atomic E-state index is 12.5. The molecule has 0 spiro atoms. The summed E-state index contributed by atoms with van der Waals surface area (Å²) in [6.45, 7) is 1.72. The molecule has 2 aromatic rings. The molecule has 6 nitrogen and oxygen atoms in total. The first-order valence-corrected chi connectivity index (χ1v) is 9.41. The van der Waals surface area contributed by atoms with Gasteiger partial charge in [-0.1, -0.05) is 0 Å². The molecule has 0 aliphatic heterocycles. The lowest BCUT2D eigenvalue weighted by Gasteiger charge is -2.14. The highest BCUT2D eigenvalue weighted by Crippen LogP contribution is 2.23. The Labute approximate surface area is 136 Å². The van der Waals surface area contributed by atoms with Gasteiger partial charge >= 0.3 is 0 Å². The molecule has 0 saturated carbocycles. The van der Waals surface area contributed by atoms with Crippen LogP contribution in [0.3, 0.4) is 0 Å². The van der Waals surface area contributed by atoms with E-state index in [9.17, 15) is 8.42 Å². The van der Waals surface area contributed by atoms with Gasteiger partial charge in [0.2, 0.25) is 10.0 Å². The van der Waals surface area contributed by atoms with Crippen LogP contribution in [0.2, 0.25) is 0 Å². The van der Waals surface area contributed by atoms with Crippen molar-refractivity contribution in [3.05, 3.63) is 33.2 Å². The molecule has 2 rings (SSSR count).